The van der Waals surface area contributed by atoms with Crippen LogP contribution in [0.5, 0.6) is 0 Å². The van der Waals surface area contributed by atoms with Crippen LogP contribution in [0.4, 0.5) is 0 Å². The Morgan fingerprint density at radius 2 is 1.88 bits per heavy atom. The number of nitriles is 1. The summed E-state index contributed by atoms with van der Waals surface area (Å²) >= 11 is 0. The molecule has 0 aromatic carbocycles. The Balaban J connectivity index is 2.42. The smallest absolute Gasteiger partial charge is 0.0978 e. The predicted octanol–water partition coefficient (Wildman–Crippen LogP) is 1.87. The van der Waals surface area contributed by atoms with E-state index in [1.807, 2.05) is 6.08 Å². The topological polar surface area (TPSA) is 30.3 Å². The van der Waals surface area contributed by atoms with Crippen LogP contribution in [0.25, 0.3) is 0 Å². The highest BCUT2D eigenvalue weighted by molar-refractivity contribution is 4.95. The van der Waals surface area contributed by atoms with Gasteiger partial charge in [-0.2, -0.15) is 5.26 Å². The van der Waals surface area contributed by atoms with Crippen LogP contribution in [-0.4, -0.2) is 48.1 Å². The summed E-state index contributed by atoms with van der Waals surface area (Å²) in [5.74, 6) is 0. The zero-order valence-corrected chi connectivity index (χ0v) is 10.5. The molecule has 0 aliphatic carbocycles. The van der Waals surface area contributed by atoms with Crippen molar-refractivity contribution in [2.45, 2.75) is 38.8 Å². The van der Waals surface area contributed by atoms with Crippen molar-refractivity contribution in [3.8, 4) is 6.07 Å². The first kappa shape index (κ1) is 13.2. The quantitative estimate of drug-likeness (QED) is 0.664. The molecule has 2 atom stereocenters. The largest absolute Gasteiger partial charge is 0.295 e. The highest BCUT2D eigenvalue weighted by atomic mass is 15.3. The average molecular weight is 221 g/mol. The monoisotopic (exact) mass is 221 g/mol. The third kappa shape index (κ3) is 3.33. The molecule has 3 heteroatoms. The molecule has 2 unspecified atom stereocenters. The maximum atomic E-state index is 9.11. The van der Waals surface area contributed by atoms with Crippen molar-refractivity contribution in [3.63, 3.8) is 0 Å². The molecule has 0 aromatic rings. The molecule has 0 N–H and O–H groups in total. The zero-order valence-electron chi connectivity index (χ0n) is 10.5. The van der Waals surface area contributed by atoms with Crippen LogP contribution < -0.4 is 0 Å². The summed E-state index contributed by atoms with van der Waals surface area (Å²) in [6.07, 6.45) is 4.07. The maximum absolute atomic E-state index is 9.11. The van der Waals surface area contributed by atoms with Gasteiger partial charge in [0.15, 0.2) is 0 Å². The lowest BCUT2D eigenvalue weighted by Crippen LogP contribution is -2.51. The van der Waals surface area contributed by atoms with Crippen molar-refractivity contribution in [2.75, 3.05) is 26.2 Å². The van der Waals surface area contributed by atoms with Crippen molar-refractivity contribution < 1.29 is 0 Å². The van der Waals surface area contributed by atoms with Gasteiger partial charge in [-0.25, -0.2) is 0 Å². The van der Waals surface area contributed by atoms with E-state index < -0.39 is 0 Å². The molecule has 16 heavy (non-hydrogen) atoms. The summed E-state index contributed by atoms with van der Waals surface area (Å²) in [6.45, 7) is 12.3. The zero-order chi connectivity index (χ0) is 12.0. The van der Waals surface area contributed by atoms with E-state index in [0.29, 0.717) is 6.04 Å². The number of nitrogens with zero attached hydrogens (tertiary/aromatic N) is 3. The van der Waals surface area contributed by atoms with Crippen LogP contribution in [0.1, 0.15) is 26.7 Å². The van der Waals surface area contributed by atoms with Crippen molar-refractivity contribution >= 4 is 0 Å². The molecule has 0 aromatic heterocycles. The van der Waals surface area contributed by atoms with E-state index in [0.717, 1.165) is 39.0 Å². The second-order valence-corrected chi connectivity index (χ2v) is 4.48. The number of hydrogen-bond donors (Lipinski definition) is 0. The lowest BCUT2D eigenvalue weighted by atomic mass is 10.1. The van der Waals surface area contributed by atoms with E-state index in [2.05, 4.69) is 36.3 Å². The standard InChI is InChI=1S/C13H23N3/c1-4-6-13(11-14)16-9-7-15(8-10-16)12(3)5-2/h5,12-13H,2,4,6-10H2,1,3H3. The molecule has 0 saturated carbocycles. The van der Waals surface area contributed by atoms with Gasteiger partial charge in [0, 0.05) is 32.2 Å². The summed E-state index contributed by atoms with van der Waals surface area (Å²) in [4.78, 5) is 4.74. The van der Waals surface area contributed by atoms with Gasteiger partial charge in [-0.3, -0.25) is 9.80 Å². The molecule has 0 bridgehead atoms. The van der Waals surface area contributed by atoms with E-state index >= 15 is 0 Å². The van der Waals surface area contributed by atoms with E-state index in [1.165, 1.54) is 0 Å². The second kappa shape index (κ2) is 6.67. The van der Waals surface area contributed by atoms with Crippen molar-refractivity contribution in [3.05, 3.63) is 12.7 Å². The fraction of sp³-hybridized carbons (Fsp3) is 0.769. The first-order valence-electron chi connectivity index (χ1n) is 6.23. The molecule has 0 radical (unpaired) electrons. The van der Waals surface area contributed by atoms with E-state index in [1.54, 1.807) is 0 Å². The Hall–Kier alpha value is -0.850. The van der Waals surface area contributed by atoms with Crippen LogP contribution in [0.3, 0.4) is 0 Å². The lowest BCUT2D eigenvalue weighted by Gasteiger charge is -2.38. The van der Waals surface area contributed by atoms with Gasteiger partial charge in [-0.05, 0) is 13.3 Å². The van der Waals surface area contributed by atoms with E-state index in [-0.39, 0.29) is 6.04 Å². The minimum absolute atomic E-state index is 0.117. The van der Waals surface area contributed by atoms with Crippen molar-refractivity contribution in [1.82, 2.24) is 9.80 Å². The second-order valence-electron chi connectivity index (χ2n) is 4.48. The summed E-state index contributed by atoms with van der Waals surface area (Å²) in [5.41, 5.74) is 0. The van der Waals surface area contributed by atoms with Crippen molar-refractivity contribution in [2.24, 2.45) is 0 Å². The highest BCUT2D eigenvalue weighted by Gasteiger charge is 2.24. The van der Waals surface area contributed by atoms with Crippen molar-refractivity contribution in [1.29, 1.82) is 5.26 Å². The molecular weight excluding hydrogens is 198 g/mol. The van der Waals surface area contributed by atoms with Crippen LogP contribution >= 0.6 is 0 Å². The lowest BCUT2D eigenvalue weighted by molar-refractivity contribution is 0.0979. The molecule has 3 nitrogen and oxygen atoms in total. The fourth-order valence-electron chi connectivity index (χ4n) is 2.21. The SMILES string of the molecule is C=CC(C)N1CCN(C(C#N)CCC)CC1. The van der Waals surface area contributed by atoms with Crippen LogP contribution in [0.2, 0.25) is 0 Å². The molecule has 0 spiro atoms. The van der Waals surface area contributed by atoms with Crippen LogP contribution in [0, 0.1) is 11.3 Å². The molecule has 1 aliphatic rings. The molecule has 1 fully saturated rings. The van der Waals surface area contributed by atoms with E-state index in [4.69, 9.17) is 5.26 Å². The molecule has 1 rings (SSSR count). The Morgan fingerprint density at radius 3 is 2.31 bits per heavy atom. The Bertz CT molecular complexity index is 248. The molecule has 1 heterocycles. The minimum Gasteiger partial charge on any atom is -0.295 e. The van der Waals surface area contributed by atoms with Gasteiger partial charge in [0.05, 0.1) is 12.1 Å². The van der Waals surface area contributed by atoms with Gasteiger partial charge in [-0.15, -0.1) is 6.58 Å². The van der Waals surface area contributed by atoms with Crippen LogP contribution in [0.15, 0.2) is 12.7 Å². The minimum atomic E-state index is 0.117. The van der Waals surface area contributed by atoms with Gasteiger partial charge in [0.2, 0.25) is 0 Å². The van der Waals surface area contributed by atoms with Gasteiger partial charge in [-0.1, -0.05) is 19.4 Å². The number of hydrogen-bond acceptors (Lipinski definition) is 3. The Morgan fingerprint density at radius 1 is 1.31 bits per heavy atom. The summed E-state index contributed by atoms with van der Waals surface area (Å²) < 4.78 is 0. The van der Waals surface area contributed by atoms with Gasteiger partial charge >= 0.3 is 0 Å². The highest BCUT2D eigenvalue weighted by Crippen LogP contribution is 2.12. The first-order valence-corrected chi connectivity index (χ1v) is 6.23. The van der Waals surface area contributed by atoms with Gasteiger partial charge in [0.1, 0.15) is 0 Å². The predicted molar refractivity (Wildman–Crippen MR) is 67.1 cm³/mol. The third-order valence-corrected chi connectivity index (χ3v) is 3.42. The fourth-order valence-corrected chi connectivity index (χ4v) is 2.21. The summed E-state index contributed by atoms with van der Waals surface area (Å²) in [7, 11) is 0. The number of piperazine rings is 1. The molecule has 1 saturated heterocycles. The Labute approximate surface area is 99.3 Å². The molecule has 0 amide bonds. The molecule has 1 aliphatic heterocycles. The normalized spacial score (nSPS) is 22.3. The summed E-state index contributed by atoms with van der Waals surface area (Å²) in [5, 5.41) is 9.11. The third-order valence-electron chi connectivity index (χ3n) is 3.42. The number of rotatable bonds is 5. The maximum Gasteiger partial charge on any atom is 0.0978 e. The molecular formula is C13H23N3. The van der Waals surface area contributed by atoms with Gasteiger partial charge < -0.3 is 0 Å². The van der Waals surface area contributed by atoms with Gasteiger partial charge in [0.25, 0.3) is 0 Å². The van der Waals surface area contributed by atoms with E-state index in [9.17, 15) is 0 Å². The molecule has 90 valence electrons. The first-order chi connectivity index (χ1) is 7.72. The summed E-state index contributed by atoms with van der Waals surface area (Å²) in [6, 6.07) is 2.99. The van der Waals surface area contributed by atoms with Crippen LogP contribution in [-0.2, 0) is 0 Å². The Kier molecular flexibility index (Phi) is 5.51. The average Bonchev–Trinajstić information content (AvgIpc) is 2.35.